The van der Waals surface area contributed by atoms with E-state index in [1.54, 1.807) is 37.3 Å². The Morgan fingerprint density at radius 3 is 2.34 bits per heavy atom. The molecule has 0 radical (unpaired) electrons. The van der Waals surface area contributed by atoms with Crippen LogP contribution in [0, 0.1) is 10.1 Å². The van der Waals surface area contributed by atoms with Crippen LogP contribution in [0.1, 0.15) is 27.7 Å². The third-order valence-electron chi connectivity index (χ3n) is 4.20. The molecule has 2 amide bonds. The largest absolute Gasteiger partial charge is 0.317 e. The molecular formula is C22H17BrN4O4S. The van der Waals surface area contributed by atoms with Crippen molar-refractivity contribution in [3.05, 3.63) is 102 Å². The zero-order chi connectivity index (χ0) is 23.1. The van der Waals surface area contributed by atoms with Crippen LogP contribution in [0.4, 0.5) is 5.69 Å². The number of carbonyl (C=O) groups is 2. The minimum atomic E-state index is -0.636. The Balaban J connectivity index is 1.85. The van der Waals surface area contributed by atoms with Gasteiger partial charge in [0.05, 0.1) is 19.3 Å². The number of carbonyl (C=O) groups excluding carboxylic acids is 2. The molecule has 3 aromatic rings. The molecule has 0 fully saturated rings. The molecule has 0 bridgehead atoms. The van der Waals surface area contributed by atoms with E-state index in [-0.39, 0.29) is 11.4 Å². The van der Waals surface area contributed by atoms with Crippen molar-refractivity contribution in [1.29, 1.82) is 0 Å². The lowest BCUT2D eigenvalue weighted by atomic mass is 10.1. The highest BCUT2D eigenvalue weighted by molar-refractivity contribution is 9.11. The van der Waals surface area contributed by atoms with Crippen molar-refractivity contribution in [3.63, 3.8) is 0 Å². The lowest BCUT2D eigenvalue weighted by Crippen LogP contribution is -2.33. The van der Waals surface area contributed by atoms with Gasteiger partial charge in [0, 0.05) is 17.7 Å². The van der Waals surface area contributed by atoms with Crippen LogP contribution in [0.5, 0.6) is 0 Å². The van der Waals surface area contributed by atoms with Crippen molar-refractivity contribution in [2.75, 3.05) is 0 Å². The van der Waals surface area contributed by atoms with Gasteiger partial charge in [0.1, 0.15) is 5.70 Å². The molecule has 2 aromatic carbocycles. The zero-order valence-electron chi connectivity index (χ0n) is 16.7. The molecule has 0 spiro atoms. The van der Waals surface area contributed by atoms with E-state index < -0.39 is 16.7 Å². The molecular weight excluding hydrogens is 496 g/mol. The van der Waals surface area contributed by atoms with Gasteiger partial charge in [-0.25, -0.2) is 5.43 Å². The van der Waals surface area contributed by atoms with Gasteiger partial charge in [-0.1, -0.05) is 18.2 Å². The van der Waals surface area contributed by atoms with Crippen LogP contribution in [0.3, 0.4) is 0 Å². The molecule has 1 heterocycles. The van der Waals surface area contributed by atoms with Crippen LogP contribution in [-0.4, -0.2) is 22.4 Å². The molecule has 3 rings (SSSR count). The predicted molar refractivity (Wildman–Crippen MR) is 127 cm³/mol. The first-order valence-electron chi connectivity index (χ1n) is 9.26. The lowest BCUT2D eigenvalue weighted by Gasteiger charge is -2.09. The van der Waals surface area contributed by atoms with E-state index in [4.69, 9.17) is 0 Å². The highest BCUT2D eigenvalue weighted by Crippen LogP contribution is 2.22. The Morgan fingerprint density at radius 1 is 1.06 bits per heavy atom. The van der Waals surface area contributed by atoms with E-state index in [0.29, 0.717) is 16.8 Å². The van der Waals surface area contributed by atoms with Crippen molar-refractivity contribution < 1.29 is 14.5 Å². The Kier molecular flexibility index (Phi) is 7.63. The standard InChI is InChI=1S/C22H17BrN4O4S/c1-14(19-11-12-20(23)32-19)25-26-22(29)18(24-21(28)16-5-3-2-4-6-16)13-15-7-9-17(10-8-15)27(30)31/h2-13H,1H3,(H,24,28)(H,26,29)/b18-13-,25-14-. The summed E-state index contributed by atoms with van der Waals surface area (Å²) in [4.78, 5) is 36.6. The first-order chi connectivity index (χ1) is 15.3. The number of nitro benzene ring substituents is 1. The average Bonchev–Trinajstić information content (AvgIpc) is 3.24. The number of halogens is 1. The SMILES string of the molecule is C/C(=N/NC(=O)/C(=C/c1ccc([N+](=O)[O-])cc1)NC(=O)c1ccccc1)c1ccc(Br)s1. The van der Waals surface area contributed by atoms with Crippen LogP contribution in [0.2, 0.25) is 0 Å². The third-order valence-corrected chi connectivity index (χ3v) is 5.93. The maximum absolute atomic E-state index is 12.8. The van der Waals surface area contributed by atoms with Crippen molar-refractivity contribution >= 4 is 56.6 Å². The molecule has 10 heteroatoms. The van der Waals surface area contributed by atoms with Gasteiger partial charge in [-0.2, -0.15) is 5.10 Å². The van der Waals surface area contributed by atoms with E-state index in [1.165, 1.54) is 41.7 Å². The third kappa shape index (κ3) is 6.19. The van der Waals surface area contributed by atoms with Gasteiger partial charge in [-0.05, 0) is 70.9 Å². The van der Waals surface area contributed by atoms with Crippen molar-refractivity contribution in [1.82, 2.24) is 10.7 Å². The number of nitro groups is 1. The van der Waals surface area contributed by atoms with Crippen molar-refractivity contribution in [2.24, 2.45) is 5.10 Å². The monoisotopic (exact) mass is 512 g/mol. The highest BCUT2D eigenvalue weighted by Gasteiger charge is 2.15. The Morgan fingerprint density at radius 2 is 1.75 bits per heavy atom. The molecule has 2 N–H and O–H groups in total. The predicted octanol–water partition coefficient (Wildman–Crippen LogP) is 4.73. The molecule has 0 saturated carbocycles. The van der Waals surface area contributed by atoms with E-state index in [9.17, 15) is 19.7 Å². The Bertz CT molecular complexity index is 1200. The number of thiophene rings is 1. The smallest absolute Gasteiger partial charge is 0.287 e. The second-order valence-corrected chi connectivity index (χ2v) is 8.93. The molecule has 0 saturated heterocycles. The summed E-state index contributed by atoms with van der Waals surface area (Å²) in [6, 6.07) is 17.8. The number of benzene rings is 2. The first kappa shape index (κ1) is 23.0. The normalized spacial score (nSPS) is 11.7. The second kappa shape index (κ2) is 10.6. The molecule has 8 nitrogen and oxygen atoms in total. The fourth-order valence-electron chi connectivity index (χ4n) is 2.56. The van der Waals surface area contributed by atoms with Crippen molar-refractivity contribution in [3.8, 4) is 0 Å². The minimum Gasteiger partial charge on any atom is -0.317 e. The van der Waals surface area contributed by atoms with Crippen LogP contribution in [0.15, 0.2) is 81.3 Å². The first-order valence-corrected chi connectivity index (χ1v) is 10.9. The number of non-ortho nitro benzene ring substituents is 1. The number of amides is 2. The van der Waals surface area contributed by atoms with Gasteiger partial charge in [0.25, 0.3) is 17.5 Å². The molecule has 0 atom stereocenters. The molecule has 1 aromatic heterocycles. The number of rotatable bonds is 7. The lowest BCUT2D eigenvalue weighted by molar-refractivity contribution is -0.384. The summed E-state index contributed by atoms with van der Waals surface area (Å²) in [6.45, 7) is 1.75. The quantitative estimate of drug-likeness (QED) is 0.206. The van der Waals surface area contributed by atoms with Gasteiger partial charge < -0.3 is 5.32 Å². The zero-order valence-corrected chi connectivity index (χ0v) is 19.1. The minimum absolute atomic E-state index is 0.0587. The summed E-state index contributed by atoms with van der Waals surface area (Å²) < 4.78 is 0.933. The van der Waals surface area contributed by atoms with Gasteiger partial charge in [0.2, 0.25) is 0 Å². The van der Waals surface area contributed by atoms with Crippen LogP contribution >= 0.6 is 27.3 Å². The maximum Gasteiger partial charge on any atom is 0.287 e. The summed E-state index contributed by atoms with van der Waals surface area (Å²) in [5.41, 5.74) is 3.77. The summed E-state index contributed by atoms with van der Waals surface area (Å²) in [7, 11) is 0. The average molecular weight is 513 g/mol. The molecule has 0 aliphatic rings. The Hall–Kier alpha value is -3.63. The summed E-state index contributed by atoms with van der Waals surface area (Å²) >= 11 is 4.85. The van der Waals surface area contributed by atoms with E-state index in [2.05, 4.69) is 31.8 Å². The number of hydrogen-bond acceptors (Lipinski definition) is 6. The van der Waals surface area contributed by atoms with Crippen LogP contribution in [-0.2, 0) is 4.79 Å². The van der Waals surface area contributed by atoms with Crippen molar-refractivity contribution in [2.45, 2.75) is 6.92 Å². The van der Waals surface area contributed by atoms with Gasteiger partial charge in [0.15, 0.2) is 0 Å². The summed E-state index contributed by atoms with van der Waals surface area (Å²) in [5, 5.41) is 17.6. The number of hydrogen-bond donors (Lipinski definition) is 2. The maximum atomic E-state index is 12.8. The number of nitrogens with one attached hydrogen (secondary N) is 2. The van der Waals surface area contributed by atoms with E-state index in [0.717, 1.165) is 8.66 Å². The fraction of sp³-hybridized carbons (Fsp3) is 0.0455. The van der Waals surface area contributed by atoms with Gasteiger partial charge in [-0.3, -0.25) is 19.7 Å². The van der Waals surface area contributed by atoms with Crippen LogP contribution < -0.4 is 10.7 Å². The molecule has 0 unspecified atom stereocenters. The summed E-state index contributed by atoms with van der Waals surface area (Å²) in [5.74, 6) is -1.11. The van der Waals surface area contributed by atoms with E-state index in [1.807, 2.05) is 12.1 Å². The molecule has 0 aliphatic heterocycles. The second-order valence-electron chi connectivity index (χ2n) is 6.47. The van der Waals surface area contributed by atoms with E-state index >= 15 is 0 Å². The number of nitrogens with zero attached hydrogens (tertiary/aromatic N) is 2. The number of hydrazone groups is 1. The summed E-state index contributed by atoms with van der Waals surface area (Å²) in [6.07, 6.45) is 1.42. The molecule has 32 heavy (non-hydrogen) atoms. The topological polar surface area (TPSA) is 114 Å². The molecule has 0 aliphatic carbocycles. The fourth-order valence-corrected chi connectivity index (χ4v) is 3.89. The molecule has 162 valence electrons. The highest BCUT2D eigenvalue weighted by atomic mass is 79.9. The van der Waals surface area contributed by atoms with Crippen LogP contribution in [0.25, 0.3) is 6.08 Å². The van der Waals surface area contributed by atoms with Gasteiger partial charge >= 0.3 is 0 Å². The Labute approximate surface area is 195 Å². The van der Waals surface area contributed by atoms with Gasteiger partial charge in [-0.15, -0.1) is 11.3 Å².